The Kier molecular flexibility index (Phi) is 7.10. The number of anilines is 2. The van der Waals surface area contributed by atoms with Crippen LogP contribution in [0, 0.1) is 16.7 Å². The summed E-state index contributed by atoms with van der Waals surface area (Å²) in [5.74, 6) is -1.70. The molecule has 1 atom stereocenters. The van der Waals surface area contributed by atoms with Gasteiger partial charge in [-0.2, -0.15) is 10.3 Å². The summed E-state index contributed by atoms with van der Waals surface area (Å²) < 4.78 is 12.0. The Morgan fingerprint density at radius 1 is 1.24 bits per heavy atom. The Morgan fingerprint density at radius 2 is 2.00 bits per heavy atom. The third-order valence-corrected chi connectivity index (χ3v) is 5.22. The second kappa shape index (κ2) is 10.6. The zero-order chi connectivity index (χ0) is 27.4. The standard InChI is InChI=1S/C24H23N9O5/c1-33(2)15-8-7-12(11-25)9-17(15)37-22-19-20(28-14(10-18(34)35)21(36)30-19)31-24(32-22)38-16-6-4-3-5-13(16)29-23(26)27/h3-9,14H,10H2,1-2H3,(H,30,36)(H,34,35)(H4,26,27,29)(H,28,31,32). The molecule has 0 spiro atoms. The summed E-state index contributed by atoms with van der Waals surface area (Å²) in [5.41, 5.74) is 6.85. The van der Waals surface area contributed by atoms with E-state index >= 15 is 0 Å². The number of hydrogen-bond donors (Lipinski definition) is 6. The van der Waals surface area contributed by atoms with Gasteiger partial charge in [-0.3, -0.25) is 25.3 Å². The number of nitriles is 1. The number of amides is 1. The predicted octanol–water partition coefficient (Wildman–Crippen LogP) is 0.887. The number of nitrogens with zero attached hydrogens (tertiary/aromatic N) is 4. The average Bonchev–Trinajstić information content (AvgIpc) is 2.85. The van der Waals surface area contributed by atoms with Crippen LogP contribution in [0.3, 0.4) is 0 Å². The summed E-state index contributed by atoms with van der Waals surface area (Å²) in [4.78, 5) is 34.2. The van der Waals surface area contributed by atoms with Crippen LogP contribution in [0.1, 0.15) is 12.0 Å². The van der Waals surface area contributed by atoms with E-state index in [0.717, 1.165) is 0 Å². The molecular weight excluding hydrogens is 494 g/mol. The van der Waals surface area contributed by atoms with Gasteiger partial charge in [0, 0.05) is 20.2 Å². The average molecular weight is 518 g/mol. The minimum absolute atomic E-state index is 0.0613. The molecule has 38 heavy (non-hydrogen) atoms. The normalized spacial score (nSPS) is 16.0. The molecule has 0 radical (unpaired) electrons. The van der Waals surface area contributed by atoms with Gasteiger partial charge in [-0.15, -0.1) is 0 Å². The lowest BCUT2D eigenvalue weighted by atomic mass is 10.1. The van der Waals surface area contributed by atoms with Crippen LogP contribution < -0.4 is 36.1 Å². The van der Waals surface area contributed by atoms with Crippen LogP contribution in [0.4, 0.5) is 11.4 Å². The number of aliphatic imine (C=N–C) groups is 2. The number of rotatable bonds is 7. The lowest BCUT2D eigenvalue weighted by Crippen LogP contribution is -2.51. The number of fused-ring (bicyclic) bond motifs is 1. The SMILES string of the molecule is CN(C)c1ccc(C#N)cc1OC1=C2NC(=O)C(CC(=O)O)N=C2NC(Oc2ccccc2NC(=N)N)=N1. The van der Waals surface area contributed by atoms with Crippen molar-refractivity contribution in [1.29, 1.82) is 10.7 Å². The second-order valence-corrected chi connectivity index (χ2v) is 8.23. The monoisotopic (exact) mass is 517 g/mol. The van der Waals surface area contributed by atoms with E-state index < -0.39 is 24.3 Å². The number of carbonyl (C=O) groups excluding carboxylic acids is 1. The van der Waals surface area contributed by atoms with Crippen LogP contribution in [0.5, 0.6) is 11.5 Å². The molecule has 7 N–H and O–H groups in total. The van der Waals surface area contributed by atoms with E-state index in [4.69, 9.17) is 20.6 Å². The number of amidine groups is 2. The van der Waals surface area contributed by atoms with Gasteiger partial charge in [-0.1, -0.05) is 12.1 Å². The van der Waals surface area contributed by atoms with Gasteiger partial charge in [0.05, 0.1) is 29.4 Å². The number of nitrogens with two attached hydrogens (primary N) is 1. The first-order chi connectivity index (χ1) is 18.1. The van der Waals surface area contributed by atoms with Gasteiger partial charge in [-0.05, 0) is 24.3 Å². The van der Waals surface area contributed by atoms with Gasteiger partial charge in [0.15, 0.2) is 23.3 Å². The van der Waals surface area contributed by atoms with Gasteiger partial charge in [0.2, 0.25) is 5.91 Å². The van der Waals surface area contributed by atoms with Crippen LogP contribution in [-0.4, -0.2) is 54.9 Å². The molecular formula is C24H23N9O5. The highest BCUT2D eigenvalue weighted by atomic mass is 16.5. The fourth-order valence-electron chi connectivity index (χ4n) is 3.54. The molecule has 0 aromatic heterocycles. The van der Waals surface area contributed by atoms with Crippen molar-refractivity contribution in [1.82, 2.24) is 10.6 Å². The maximum atomic E-state index is 12.6. The number of hydrogen-bond acceptors (Lipinski definition) is 10. The molecule has 2 aromatic rings. The molecule has 2 heterocycles. The molecule has 4 rings (SSSR count). The van der Waals surface area contributed by atoms with E-state index in [1.165, 1.54) is 6.07 Å². The van der Waals surface area contributed by atoms with Crippen molar-refractivity contribution < 1.29 is 24.2 Å². The minimum atomic E-state index is -1.20. The zero-order valence-electron chi connectivity index (χ0n) is 20.3. The maximum Gasteiger partial charge on any atom is 0.306 e. The fourth-order valence-corrected chi connectivity index (χ4v) is 3.54. The molecule has 0 saturated carbocycles. The van der Waals surface area contributed by atoms with Crippen molar-refractivity contribution >= 4 is 41.1 Å². The molecule has 1 unspecified atom stereocenters. The van der Waals surface area contributed by atoms with Crippen molar-refractivity contribution in [2.45, 2.75) is 12.5 Å². The fraction of sp³-hybridized carbons (Fsp3) is 0.167. The molecule has 0 aliphatic carbocycles. The highest BCUT2D eigenvalue weighted by Crippen LogP contribution is 2.32. The third kappa shape index (κ3) is 5.62. The largest absolute Gasteiger partial charge is 0.481 e. The van der Waals surface area contributed by atoms with E-state index in [0.29, 0.717) is 16.9 Å². The van der Waals surface area contributed by atoms with Crippen molar-refractivity contribution in [2.24, 2.45) is 15.7 Å². The molecule has 14 nitrogen and oxygen atoms in total. The smallest absolute Gasteiger partial charge is 0.306 e. The molecule has 0 bridgehead atoms. The number of carboxylic acid groups (broad SMARTS) is 1. The predicted molar refractivity (Wildman–Crippen MR) is 138 cm³/mol. The minimum Gasteiger partial charge on any atom is -0.481 e. The summed E-state index contributed by atoms with van der Waals surface area (Å²) >= 11 is 0. The molecule has 2 aliphatic rings. The van der Waals surface area contributed by atoms with Gasteiger partial charge in [-0.25, -0.2) is 0 Å². The third-order valence-electron chi connectivity index (χ3n) is 5.22. The Bertz CT molecular complexity index is 1460. The Morgan fingerprint density at radius 3 is 2.68 bits per heavy atom. The van der Waals surface area contributed by atoms with E-state index in [1.807, 2.05) is 0 Å². The summed E-state index contributed by atoms with van der Waals surface area (Å²) in [5, 5.41) is 34.2. The first-order valence-corrected chi connectivity index (χ1v) is 11.1. The van der Waals surface area contributed by atoms with Crippen LogP contribution in [0.15, 0.2) is 64.0 Å². The number of benzene rings is 2. The first-order valence-electron chi connectivity index (χ1n) is 11.1. The molecule has 14 heteroatoms. The molecule has 1 amide bonds. The molecule has 0 fully saturated rings. The first kappa shape index (κ1) is 25.5. The summed E-state index contributed by atoms with van der Waals surface area (Å²) in [7, 11) is 3.58. The van der Waals surface area contributed by atoms with Crippen molar-refractivity contribution in [3.05, 3.63) is 59.6 Å². The van der Waals surface area contributed by atoms with E-state index in [-0.39, 0.29) is 40.9 Å². The number of para-hydroxylation sites is 2. The highest BCUT2D eigenvalue weighted by Gasteiger charge is 2.35. The van der Waals surface area contributed by atoms with Crippen LogP contribution in [-0.2, 0) is 9.59 Å². The van der Waals surface area contributed by atoms with Crippen LogP contribution in [0.2, 0.25) is 0 Å². The van der Waals surface area contributed by atoms with Gasteiger partial charge in [0.1, 0.15) is 11.7 Å². The zero-order valence-corrected chi connectivity index (χ0v) is 20.3. The number of nitrogens with one attached hydrogen (secondary N) is 4. The number of ether oxygens (including phenoxy) is 2. The van der Waals surface area contributed by atoms with Crippen LogP contribution in [0.25, 0.3) is 0 Å². The Labute approximate surface area is 216 Å². The lowest BCUT2D eigenvalue weighted by molar-refractivity contribution is -0.139. The van der Waals surface area contributed by atoms with E-state index in [1.54, 1.807) is 55.4 Å². The number of carbonyl (C=O) groups is 2. The topological polar surface area (TPSA) is 211 Å². The number of guanidine groups is 1. The molecule has 194 valence electrons. The van der Waals surface area contributed by atoms with Crippen molar-refractivity contribution in [3.8, 4) is 17.6 Å². The number of aliphatic carboxylic acids is 1. The van der Waals surface area contributed by atoms with Gasteiger partial charge < -0.3 is 35.8 Å². The quantitative estimate of drug-likeness (QED) is 0.225. The van der Waals surface area contributed by atoms with Gasteiger partial charge >= 0.3 is 12.0 Å². The number of carboxylic acids is 1. The van der Waals surface area contributed by atoms with Crippen molar-refractivity contribution in [3.63, 3.8) is 0 Å². The highest BCUT2D eigenvalue weighted by molar-refractivity contribution is 6.14. The molecule has 2 aliphatic heterocycles. The Hall–Kier alpha value is -5.58. The molecule has 0 saturated heterocycles. The summed E-state index contributed by atoms with van der Waals surface area (Å²) in [6.07, 6.45) is -0.534. The Balaban J connectivity index is 1.79. The lowest BCUT2D eigenvalue weighted by Gasteiger charge is -2.28. The van der Waals surface area contributed by atoms with E-state index in [9.17, 15) is 20.0 Å². The summed E-state index contributed by atoms with van der Waals surface area (Å²) in [6, 6.07) is 12.2. The van der Waals surface area contributed by atoms with E-state index in [2.05, 4.69) is 32.0 Å². The summed E-state index contributed by atoms with van der Waals surface area (Å²) in [6.45, 7) is 0. The van der Waals surface area contributed by atoms with Crippen LogP contribution >= 0.6 is 0 Å². The van der Waals surface area contributed by atoms with Crippen molar-refractivity contribution in [2.75, 3.05) is 24.3 Å². The van der Waals surface area contributed by atoms with Gasteiger partial charge in [0.25, 0.3) is 5.88 Å². The maximum absolute atomic E-state index is 12.6. The second-order valence-electron chi connectivity index (χ2n) is 8.23. The molecule has 2 aromatic carbocycles.